The fraction of sp³-hybridized carbons (Fsp3) is 0.346. The smallest absolute Gasteiger partial charge is 0.326 e. The van der Waals surface area contributed by atoms with Crippen molar-refractivity contribution in [2.24, 2.45) is 0 Å². The van der Waals surface area contributed by atoms with E-state index in [1.165, 1.54) is 11.3 Å². The summed E-state index contributed by atoms with van der Waals surface area (Å²) in [4.78, 5) is 32.5. The molecule has 0 unspecified atom stereocenters. The number of pyridine rings is 1. The van der Waals surface area contributed by atoms with Gasteiger partial charge in [-0.2, -0.15) is 0 Å². The monoisotopic (exact) mass is 492 g/mol. The summed E-state index contributed by atoms with van der Waals surface area (Å²) in [5.41, 5.74) is 2.41. The molecule has 1 fully saturated rings. The Kier molecular flexibility index (Phi) is 6.44. The fourth-order valence-corrected chi connectivity index (χ4v) is 5.50. The Morgan fingerprint density at radius 2 is 2.09 bits per heavy atom. The molecule has 5 rings (SSSR count). The molecule has 1 aliphatic rings. The number of methoxy groups -OCH3 is 1. The lowest BCUT2D eigenvalue weighted by atomic mass is 10.2. The van der Waals surface area contributed by atoms with Crippen LogP contribution in [0.5, 0.6) is 11.5 Å². The first-order valence-electron chi connectivity index (χ1n) is 11.8. The number of nitrogens with one attached hydrogen (secondary N) is 1. The topological polar surface area (TPSA) is 85.7 Å². The van der Waals surface area contributed by atoms with Crippen LogP contribution in [-0.4, -0.2) is 59.2 Å². The van der Waals surface area contributed by atoms with Crippen LogP contribution >= 0.6 is 11.3 Å². The number of amides is 2. The second-order valence-corrected chi connectivity index (χ2v) is 9.76. The number of hydrogen-bond donors (Lipinski definition) is 1. The number of nitrogens with zero attached hydrogens (tertiary/aromatic N) is 3. The molecule has 1 saturated heterocycles. The standard InChI is InChI=1S/C26H28N4O4S/c1-4-9-28-26(32)30-16(2)12-17-13-18(5-6-21(17)30)34-22-7-10-27-20-14-23(35-24(20)22)25(31)29-11-8-19(15-29)33-3/h5-7,10,12-14,19H,4,8-9,11,15H2,1-3H3,(H,28,32)/t19-/m0/s1. The lowest BCUT2D eigenvalue weighted by Gasteiger charge is -2.14. The lowest BCUT2D eigenvalue weighted by Crippen LogP contribution is -2.29. The van der Waals surface area contributed by atoms with Crippen LogP contribution in [0, 0.1) is 6.92 Å². The third-order valence-electron chi connectivity index (χ3n) is 6.27. The van der Waals surface area contributed by atoms with Crippen LogP contribution in [0.4, 0.5) is 4.79 Å². The number of ether oxygens (including phenoxy) is 2. The van der Waals surface area contributed by atoms with Crippen molar-refractivity contribution in [3.63, 3.8) is 0 Å². The third kappa shape index (κ3) is 4.49. The molecule has 4 aromatic rings. The van der Waals surface area contributed by atoms with Gasteiger partial charge in [-0.3, -0.25) is 14.3 Å². The molecule has 2 amide bonds. The van der Waals surface area contributed by atoms with Crippen molar-refractivity contribution in [2.75, 3.05) is 26.7 Å². The Balaban J connectivity index is 1.41. The maximum Gasteiger partial charge on any atom is 0.326 e. The van der Waals surface area contributed by atoms with Gasteiger partial charge in [-0.1, -0.05) is 6.92 Å². The minimum Gasteiger partial charge on any atom is -0.456 e. The summed E-state index contributed by atoms with van der Waals surface area (Å²) < 4.78 is 14.1. The molecule has 3 aromatic heterocycles. The summed E-state index contributed by atoms with van der Waals surface area (Å²) in [6.45, 7) is 5.87. The van der Waals surface area contributed by atoms with Gasteiger partial charge in [0.2, 0.25) is 0 Å². The van der Waals surface area contributed by atoms with Crippen molar-refractivity contribution in [2.45, 2.75) is 32.8 Å². The Morgan fingerprint density at radius 1 is 1.23 bits per heavy atom. The average Bonchev–Trinajstić information content (AvgIpc) is 3.58. The number of likely N-dealkylation sites (tertiary alicyclic amines) is 1. The first kappa shape index (κ1) is 23.3. The van der Waals surface area contributed by atoms with Crippen LogP contribution < -0.4 is 10.1 Å². The number of thiophene rings is 1. The van der Waals surface area contributed by atoms with Crippen LogP contribution in [0.25, 0.3) is 21.1 Å². The normalized spacial score (nSPS) is 15.7. The molecule has 9 heteroatoms. The first-order chi connectivity index (χ1) is 17.0. The summed E-state index contributed by atoms with van der Waals surface area (Å²) in [5, 5.41) is 3.85. The molecule has 0 aliphatic carbocycles. The van der Waals surface area contributed by atoms with Gasteiger partial charge in [-0.05, 0) is 50.1 Å². The molecule has 1 N–H and O–H groups in total. The van der Waals surface area contributed by atoms with Crippen LogP contribution in [0.3, 0.4) is 0 Å². The van der Waals surface area contributed by atoms with Crippen LogP contribution in [0.2, 0.25) is 0 Å². The highest BCUT2D eigenvalue weighted by atomic mass is 32.1. The predicted octanol–water partition coefficient (Wildman–Crippen LogP) is 5.18. The summed E-state index contributed by atoms with van der Waals surface area (Å²) in [7, 11) is 1.68. The van der Waals surface area contributed by atoms with E-state index in [1.54, 1.807) is 17.9 Å². The Morgan fingerprint density at radius 3 is 2.86 bits per heavy atom. The molecule has 182 valence electrons. The molecular formula is C26H28N4O4S. The minimum atomic E-state index is -0.130. The summed E-state index contributed by atoms with van der Waals surface area (Å²) >= 11 is 1.39. The van der Waals surface area contributed by atoms with Gasteiger partial charge in [0.15, 0.2) is 0 Å². The molecule has 8 nitrogen and oxygen atoms in total. The Labute approximate surface area is 207 Å². The highest BCUT2D eigenvalue weighted by Crippen LogP contribution is 2.36. The van der Waals surface area contributed by atoms with Crippen LogP contribution in [-0.2, 0) is 4.74 Å². The average molecular weight is 493 g/mol. The fourth-order valence-electron chi connectivity index (χ4n) is 4.46. The van der Waals surface area contributed by atoms with Crippen molar-refractivity contribution in [1.29, 1.82) is 0 Å². The van der Waals surface area contributed by atoms with E-state index in [1.807, 2.05) is 55.1 Å². The molecule has 4 heterocycles. The zero-order chi connectivity index (χ0) is 24.5. The Hall–Kier alpha value is -3.43. The molecular weight excluding hydrogens is 464 g/mol. The van der Waals surface area contributed by atoms with E-state index in [9.17, 15) is 9.59 Å². The van der Waals surface area contributed by atoms with Crippen LogP contribution in [0.1, 0.15) is 35.1 Å². The first-order valence-corrected chi connectivity index (χ1v) is 12.6. The van der Waals surface area contributed by atoms with E-state index in [4.69, 9.17) is 9.47 Å². The lowest BCUT2D eigenvalue weighted by molar-refractivity contribution is 0.0728. The van der Waals surface area contributed by atoms with Crippen molar-refractivity contribution in [1.82, 2.24) is 19.8 Å². The zero-order valence-electron chi connectivity index (χ0n) is 20.0. The minimum absolute atomic E-state index is 0.00177. The summed E-state index contributed by atoms with van der Waals surface area (Å²) in [6.07, 6.45) is 3.51. The van der Waals surface area contributed by atoms with Crippen LogP contribution in [0.15, 0.2) is 42.6 Å². The molecule has 1 aliphatic heterocycles. The second kappa shape index (κ2) is 9.67. The predicted molar refractivity (Wildman–Crippen MR) is 137 cm³/mol. The zero-order valence-corrected chi connectivity index (χ0v) is 20.9. The van der Waals surface area contributed by atoms with Gasteiger partial charge in [0, 0.05) is 50.1 Å². The number of aryl methyl sites for hydroxylation is 1. The molecule has 0 saturated carbocycles. The number of hydrogen-bond acceptors (Lipinski definition) is 6. The molecule has 1 aromatic carbocycles. The third-order valence-corrected chi connectivity index (χ3v) is 7.39. The van der Waals surface area contributed by atoms with Crippen molar-refractivity contribution < 1.29 is 19.1 Å². The van der Waals surface area contributed by atoms with Gasteiger partial charge in [0.05, 0.1) is 26.7 Å². The number of carbonyl (C=O) groups is 2. The highest BCUT2D eigenvalue weighted by molar-refractivity contribution is 7.21. The second-order valence-electron chi connectivity index (χ2n) is 8.71. The molecule has 0 spiro atoms. The van der Waals surface area contributed by atoms with E-state index >= 15 is 0 Å². The number of rotatable bonds is 6. The number of aromatic nitrogens is 2. The maximum absolute atomic E-state index is 13.0. The van der Waals surface area contributed by atoms with E-state index in [0.29, 0.717) is 36.0 Å². The van der Waals surface area contributed by atoms with Gasteiger partial charge in [-0.25, -0.2) is 4.79 Å². The van der Waals surface area contributed by atoms with E-state index in [-0.39, 0.29) is 18.0 Å². The van der Waals surface area contributed by atoms with E-state index in [0.717, 1.165) is 39.7 Å². The number of fused-ring (bicyclic) bond motifs is 2. The van der Waals surface area contributed by atoms with Crippen molar-refractivity contribution >= 4 is 44.4 Å². The molecule has 0 radical (unpaired) electrons. The number of carbonyl (C=O) groups excluding carboxylic acids is 2. The van der Waals surface area contributed by atoms with Gasteiger partial charge < -0.3 is 19.7 Å². The van der Waals surface area contributed by atoms with E-state index < -0.39 is 0 Å². The van der Waals surface area contributed by atoms with Gasteiger partial charge in [0.25, 0.3) is 5.91 Å². The number of benzene rings is 1. The largest absolute Gasteiger partial charge is 0.456 e. The highest BCUT2D eigenvalue weighted by Gasteiger charge is 2.28. The molecule has 35 heavy (non-hydrogen) atoms. The molecule has 0 bridgehead atoms. The Bertz CT molecular complexity index is 1410. The summed E-state index contributed by atoms with van der Waals surface area (Å²) in [6, 6.07) is 11.2. The quantitative estimate of drug-likeness (QED) is 0.401. The van der Waals surface area contributed by atoms with Gasteiger partial charge in [0.1, 0.15) is 11.5 Å². The molecule has 1 atom stereocenters. The van der Waals surface area contributed by atoms with Crippen molar-refractivity contribution in [3.8, 4) is 11.5 Å². The maximum atomic E-state index is 13.0. The summed E-state index contributed by atoms with van der Waals surface area (Å²) in [5.74, 6) is 1.30. The van der Waals surface area contributed by atoms with Crippen molar-refractivity contribution in [3.05, 3.63) is 53.2 Å². The van der Waals surface area contributed by atoms with Gasteiger partial charge in [-0.15, -0.1) is 11.3 Å². The SMILES string of the molecule is CCCNC(=O)n1c(C)cc2cc(Oc3ccnc4cc(C(=O)N5CC[C@H](OC)C5)sc34)ccc21. The van der Waals surface area contributed by atoms with Gasteiger partial charge >= 0.3 is 6.03 Å². The van der Waals surface area contributed by atoms with E-state index in [2.05, 4.69) is 10.3 Å².